The highest BCUT2D eigenvalue weighted by atomic mass is 16.2. The van der Waals surface area contributed by atoms with E-state index in [0.29, 0.717) is 19.6 Å². The minimum atomic E-state index is 0.0385. The van der Waals surface area contributed by atoms with Gasteiger partial charge in [-0.25, -0.2) is 4.79 Å². The number of nitrogens with zero attached hydrogens (tertiary/aromatic N) is 2. The number of anilines is 1. The van der Waals surface area contributed by atoms with Crippen LogP contribution >= 0.6 is 0 Å². The van der Waals surface area contributed by atoms with Crippen LogP contribution in [0.25, 0.3) is 0 Å². The van der Waals surface area contributed by atoms with Gasteiger partial charge in [0, 0.05) is 20.1 Å². The van der Waals surface area contributed by atoms with Crippen molar-refractivity contribution < 1.29 is 4.79 Å². The molecule has 3 rings (SSSR count). The van der Waals surface area contributed by atoms with E-state index in [2.05, 4.69) is 6.07 Å². The second-order valence-corrected chi connectivity index (χ2v) is 5.37. The third-order valence-electron chi connectivity index (χ3n) is 3.85. The lowest BCUT2D eigenvalue weighted by atomic mass is 10.1. The van der Waals surface area contributed by atoms with Gasteiger partial charge in [-0.3, -0.25) is 4.90 Å². The molecule has 0 unspecified atom stereocenters. The van der Waals surface area contributed by atoms with E-state index in [1.54, 1.807) is 4.90 Å². The van der Waals surface area contributed by atoms with Crippen LogP contribution in [0, 0.1) is 0 Å². The maximum absolute atomic E-state index is 12.4. The number of amides is 2. The number of para-hydroxylation sites is 1. The molecular formula is C17H19N3O. The highest BCUT2D eigenvalue weighted by Gasteiger charge is 2.27. The van der Waals surface area contributed by atoms with Gasteiger partial charge < -0.3 is 10.6 Å². The number of carbonyl (C=O) groups is 1. The summed E-state index contributed by atoms with van der Waals surface area (Å²) in [7, 11) is 1.84. The molecule has 0 fully saturated rings. The first kappa shape index (κ1) is 13.6. The summed E-state index contributed by atoms with van der Waals surface area (Å²) >= 11 is 0. The molecule has 4 heteroatoms. The maximum atomic E-state index is 12.4. The van der Waals surface area contributed by atoms with Gasteiger partial charge >= 0.3 is 6.03 Å². The maximum Gasteiger partial charge on any atom is 0.324 e. The Balaban J connectivity index is 1.90. The number of benzene rings is 2. The van der Waals surface area contributed by atoms with Gasteiger partial charge in [0.1, 0.15) is 0 Å². The number of hydrogen-bond donors (Lipinski definition) is 1. The van der Waals surface area contributed by atoms with E-state index in [-0.39, 0.29) is 6.03 Å². The van der Waals surface area contributed by atoms with Gasteiger partial charge in [0.25, 0.3) is 0 Å². The van der Waals surface area contributed by atoms with Crippen LogP contribution in [0.3, 0.4) is 0 Å². The largest absolute Gasteiger partial charge is 0.326 e. The number of carbonyl (C=O) groups excluding carboxylic acids is 1. The average molecular weight is 281 g/mol. The second kappa shape index (κ2) is 5.58. The van der Waals surface area contributed by atoms with E-state index in [4.69, 9.17) is 5.73 Å². The topological polar surface area (TPSA) is 49.6 Å². The van der Waals surface area contributed by atoms with Crippen molar-refractivity contribution in [2.24, 2.45) is 5.73 Å². The third-order valence-corrected chi connectivity index (χ3v) is 3.85. The molecule has 2 aromatic carbocycles. The summed E-state index contributed by atoms with van der Waals surface area (Å²) in [6, 6.07) is 16.2. The van der Waals surface area contributed by atoms with Crippen molar-refractivity contribution in [3.05, 3.63) is 65.2 Å². The van der Waals surface area contributed by atoms with Gasteiger partial charge in [-0.2, -0.15) is 0 Å². The molecule has 0 atom stereocenters. The second-order valence-electron chi connectivity index (χ2n) is 5.37. The Morgan fingerprint density at radius 1 is 1.05 bits per heavy atom. The number of nitrogens with two attached hydrogens (primary N) is 1. The zero-order valence-corrected chi connectivity index (χ0v) is 12.1. The molecule has 21 heavy (non-hydrogen) atoms. The molecule has 2 amide bonds. The number of rotatable bonds is 3. The molecule has 2 N–H and O–H groups in total. The number of fused-ring (bicyclic) bond motifs is 1. The summed E-state index contributed by atoms with van der Waals surface area (Å²) in [6.45, 7) is 1.77. The minimum Gasteiger partial charge on any atom is -0.326 e. The first-order chi connectivity index (χ1) is 10.2. The standard InChI is InChI=1S/C17H19N3O/c1-19-12-15-4-2-3-5-16(15)20(17(19)21)11-14-8-6-13(10-18)7-9-14/h2-9H,10-12,18H2,1H3. The van der Waals surface area contributed by atoms with Crippen LogP contribution in [0.4, 0.5) is 10.5 Å². The summed E-state index contributed by atoms with van der Waals surface area (Å²) in [5.41, 5.74) is 10.00. The molecule has 0 aliphatic carbocycles. The van der Waals surface area contributed by atoms with Crippen molar-refractivity contribution in [3.8, 4) is 0 Å². The molecule has 1 aliphatic rings. The van der Waals surface area contributed by atoms with Gasteiger partial charge in [-0.1, -0.05) is 42.5 Å². The van der Waals surface area contributed by atoms with Gasteiger partial charge in [0.05, 0.1) is 12.2 Å². The Labute approximate surface area is 124 Å². The smallest absolute Gasteiger partial charge is 0.324 e. The van der Waals surface area contributed by atoms with Crippen molar-refractivity contribution >= 4 is 11.7 Å². The van der Waals surface area contributed by atoms with Crippen LogP contribution in [0.1, 0.15) is 16.7 Å². The summed E-state index contributed by atoms with van der Waals surface area (Å²) in [6.07, 6.45) is 0. The van der Waals surface area contributed by atoms with Crippen LogP contribution in [0.5, 0.6) is 0 Å². The number of hydrogen-bond acceptors (Lipinski definition) is 2. The van der Waals surface area contributed by atoms with E-state index in [1.807, 2.05) is 54.4 Å². The predicted octanol–water partition coefficient (Wildman–Crippen LogP) is 2.72. The lowest BCUT2D eigenvalue weighted by molar-refractivity contribution is 0.210. The Hall–Kier alpha value is -2.33. The van der Waals surface area contributed by atoms with E-state index >= 15 is 0 Å². The average Bonchev–Trinajstić information content (AvgIpc) is 2.52. The molecule has 4 nitrogen and oxygen atoms in total. The van der Waals surface area contributed by atoms with Crippen molar-refractivity contribution in [2.45, 2.75) is 19.6 Å². The molecule has 0 radical (unpaired) electrons. The van der Waals surface area contributed by atoms with Gasteiger partial charge in [-0.15, -0.1) is 0 Å². The first-order valence-electron chi connectivity index (χ1n) is 7.07. The Morgan fingerprint density at radius 3 is 2.43 bits per heavy atom. The van der Waals surface area contributed by atoms with Crippen molar-refractivity contribution in [1.82, 2.24) is 4.90 Å². The van der Waals surface area contributed by atoms with Crippen LogP contribution in [0.15, 0.2) is 48.5 Å². The first-order valence-corrected chi connectivity index (χ1v) is 7.07. The van der Waals surface area contributed by atoms with Crippen molar-refractivity contribution in [3.63, 3.8) is 0 Å². The zero-order chi connectivity index (χ0) is 14.8. The summed E-state index contributed by atoms with van der Waals surface area (Å²) in [4.78, 5) is 16.0. The molecule has 1 heterocycles. The van der Waals surface area contributed by atoms with E-state index in [1.165, 1.54) is 5.56 Å². The third kappa shape index (κ3) is 2.62. The summed E-state index contributed by atoms with van der Waals surface area (Å²) < 4.78 is 0. The molecule has 2 aromatic rings. The van der Waals surface area contributed by atoms with Gasteiger partial charge in [-0.05, 0) is 22.8 Å². The normalized spacial score (nSPS) is 14.3. The quantitative estimate of drug-likeness (QED) is 0.940. The van der Waals surface area contributed by atoms with E-state index in [9.17, 15) is 4.79 Å². The van der Waals surface area contributed by atoms with Crippen LogP contribution in [0.2, 0.25) is 0 Å². The van der Waals surface area contributed by atoms with Crippen LogP contribution < -0.4 is 10.6 Å². The molecule has 1 aliphatic heterocycles. The van der Waals surface area contributed by atoms with Crippen LogP contribution in [-0.2, 0) is 19.6 Å². The Kier molecular flexibility index (Phi) is 3.62. The molecule has 0 aromatic heterocycles. The molecule has 0 spiro atoms. The Bertz CT molecular complexity index is 651. The molecule has 0 saturated carbocycles. The van der Waals surface area contributed by atoms with Crippen molar-refractivity contribution in [2.75, 3.05) is 11.9 Å². The van der Waals surface area contributed by atoms with E-state index in [0.717, 1.165) is 16.8 Å². The van der Waals surface area contributed by atoms with Gasteiger partial charge in [0.15, 0.2) is 0 Å². The summed E-state index contributed by atoms with van der Waals surface area (Å²) in [5, 5.41) is 0. The van der Waals surface area contributed by atoms with E-state index < -0.39 is 0 Å². The molecular weight excluding hydrogens is 262 g/mol. The fourth-order valence-electron chi connectivity index (χ4n) is 2.66. The fraction of sp³-hybridized carbons (Fsp3) is 0.235. The highest BCUT2D eigenvalue weighted by Crippen LogP contribution is 2.29. The highest BCUT2D eigenvalue weighted by molar-refractivity contribution is 5.94. The SMILES string of the molecule is CN1Cc2ccccc2N(Cc2ccc(CN)cc2)C1=O. The Morgan fingerprint density at radius 2 is 1.71 bits per heavy atom. The lowest BCUT2D eigenvalue weighted by Gasteiger charge is -2.35. The molecule has 0 bridgehead atoms. The number of urea groups is 1. The molecule has 0 saturated heterocycles. The minimum absolute atomic E-state index is 0.0385. The molecule has 108 valence electrons. The zero-order valence-electron chi connectivity index (χ0n) is 12.1. The predicted molar refractivity (Wildman–Crippen MR) is 83.8 cm³/mol. The van der Waals surface area contributed by atoms with Crippen LogP contribution in [-0.4, -0.2) is 18.0 Å². The van der Waals surface area contributed by atoms with Gasteiger partial charge in [0.2, 0.25) is 0 Å². The lowest BCUT2D eigenvalue weighted by Crippen LogP contribution is -2.44. The monoisotopic (exact) mass is 281 g/mol. The summed E-state index contributed by atoms with van der Waals surface area (Å²) in [5.74, 6) is 0. The van der Waals surface area contributed by atoms with Crippen molar-refractivity contribution in [1.29, 1.82) is 0 Å². The fourth-order valence-corrected chi connectivity index (χ4v) is 2.66.